The van der Waals surface area contributed by atoms with E-state index in [1.807, 2.05) is 0 Å². The van der Waals surface area contributed by atoms with E-state index in [-0.39, 0.29) is 6.73 Å². The number of hydrogen-bond donors (Lipinski definition) is 1. The molecule has 0 radical (unpaired) electrons. The van der Waals surface area contributed by atoms with Crippen LogP contribution in [0.4, 0.5) is 0 Å². The van der Waals surface area contributed by atoms with Gasteiger partial charge in [-0.15, -0.1) is 4.99 Å². The summed E-state index contributed by atoms with van der Waals surface area (Å²) in [6, 6.07) is 0. The highest BCUT2D eigenvalue weighted by Crippen LogP contribution is 2.16. The smallest absolute Gasteiger partial charge is 0.208 e. The molecule has 0 aliphatic carbocycles. The fourth-order valence-corrected chi connectivity index (χ4v) is 1.64. The van der Waals surface area contributed by atoms with Gasteiger partial charge in [-0.05, 0) is 0 Å². The first-order valence-electron chi connectivity index (χ1n) is 2.84. The van der Waals surface area contributed by atoms with Crippen LogP contribution in [0.3, 0.4) is 0 Å². The van der Waals surface area contributed by atoms with Gasteiger partial charge in [0.2, 0.25) is 6.19 Å². The molecule has 0 bridgehead atoms. The summed E-state index contributed by atoms with van der Waals surface area (Å²) in [6.45, 7) is 0.731. The van der Waals surface area contributed by atoms with Gasteiger partial charge < -0.3 is 10.0 Å². The minimum atomic E-state index is -0.0481. The van der Waals surface area contributed by atoms with Gasteiger partial charge in [0.05, 0.1) is 0 Å². The van der Waals surface area contributed by atoms with Gasteiger partial charge in [0.25, 0.3) is 0 Å². The molecule has 0 aromatic carbocycles. The van der Waals surface area contributed by atoms with Crippen molar-refractivity contribution in [1.82, 2.24) is 4.90 Å². The predicted octanol–water partition coefficient (Wildman–Crippen LogP) is -0.178. The second-order valence-electron chi connectivity index (χ2n) is 1.75. The second kappa shape index (κ2) is 3.44. The minimum Gasteiger partial charge on any atom is -0.376 e. The van der Waals surface area contributed by atoms with Gasteiger partial charge in [-0.25, -0.2) is 0 Å². The van der Waals surface area contributed by atoms with Crippen LogP contribution in [0.5, 0.6) is 0 Å². The highest BCUT2D eigenvalue weighted by molar-refractivity contribution is 8.14. The molecule has 0 amide bonds. The first kappa shape index (κ1) is 7.38. The van der Waals surface area contributed by atoms with Crippen LogP contribution in [0.25, 0.3) is 0 Å². The van der Waals surface area contributed by atoms with E-state index in [0.29, 0.717) is 5.17 Å². The van der Waals surface area contributed by atoms with E-state index in [4.69, 9.17) is 10.4 Å². The third-order valence-electron chi connectivity index (χ3n) is 1.18. The first-order valence-corrected chi connectivity index (χ1v) is 3.82. The first-order chi connectivity index (χ1) is 4.88. The summed E-state index contributed by atoms with van der Waals surface area (Å²) in [4.78, 5) is 5.19. The summed E-state index contributed by atoms with van der Waals surface area (Å²) in [6.07, 6.45) is 1.69. The van der Waals surface area contributed by atoms with E-state index in [1.165, 1.54) is 11.8 Å². The standard InChI is InChI=1S/C5H7N3OS/c6-3-7-5-8(4-9)1-2-10-5/h9H,1-2,4H2. The van der Waals surface area contributed by atoms with Crippen LogP contribution in [0, 0.1) is 11.5 Å². The number of rotatable bonds is 1. The van der Waals surface area contributed by atoms with Crippen molar-refractivity contribution >= 4 is 16.9 Å². The summed E-state index contributed by atoms with van der Waals surface area (Å²) in [5.74, 6) is 0.904. The second-order valence-corrected chi connectivity index (χ2v) is 2.81. The molecule has 0 spiro atoms. The lowest BCUT2D eigenvalue weighted by Crippen LogP contribution is -2.24. The number of nitrogens with zero attached hydrogens (tertiary/aromatic N) is 3. The summed E-state index contributed by atoms with van der Waals surface area (Å²) in [7, 11) is 0. The van der Waals surface area contributed by atoms with Crippen molar-refractivity contribution < 1.29 is 5.11 Å². The molecule has 1 fully saturated rings. The van der Waals surface area contributed by atoms with Gasteiger partial charge in [-0.2, -0.15) is 5.26 Å². The topological polar surface area (TPSA) is 59.6 Å². The highest BCUT2D eigenvalue weighted by Gasteiger charge is 2.17. The lowest BCUT2D eigenvalue weighted by atomic mass is 10.7. The number of nitriles is 1. The molecule has 1 rings (SSSR count). The van der Waals surface area contributed by atoms with Gasteiger partial charge in [0, 0.05) is 12.3 Å². The normalized spacial score (nSPS) is 21.6. The number of aliphatic hydroxyl groups is 1. The van der Waals surface area contributed by atoms with E-state index < -0.39 is 0 Å². The van der Waals surface area contributed by atoms with Crippen molar-refractivity contribution in [2.45, 2.75) is 0 Å². The average molecular weight is 157 g/mol. The molecule has 0 saturated carbocycles. The van der Waals surface area contributed by atoms with Crippen LogP contribution in [-0.2, 0) is 0 Å². The fraction of sp³-hybridized carbons (Fsp3) is 0.600. The number of amidine groups is 1. The quantitative estimate of drug-likeness (QED) is 0.536. The zero-order valence-corrected chi connectivity index (χ0v) is 6.13. The molecule has 0 unspecified atom stereocenters. The van der Waals surface area contributed by atoms with Crippen LogP contribution in [0.2, 0.25) is 0 Å². The summed E-state index contributed by atoms with van der Waals surface area (Å²) < 4.78 is 0. The molecule has 1 heterocycles. The Morgan fingerprint density at radius 1 is 1.90 bits per heavy atom. The number of aliphatic imine (C=N–C) groups is 1. The molecule has 0 atom stereocenters. The lowest BCUT2D eigenvalue weighted by molar-refractivity contribution is 0.181. The van der Waals surface area contributed by atoms with Crippen LogP contribution in [0.15, 0.2) is 4.99 Å². The molecule has 0 aromatic heterocycles. The van der Waals surface area contributed by atoms with Gasteiger partial charge in [0.1, 0.15) is 6.73 Å². The van der Waals surface area contributed by atoms with Crippen LogP contribution >= 0.6 is 11.8 Å². The molecule has 54 valence electrons. The molecule has 1 aliphatic rings. The third-order valence-corrected chi connectivity index (χ3v) is 2.17. The monoisotopic (exact) mass is 157 g/mol. The maximum atomic E-state index is 8.69. The van der Waals surface area contributed by atoms with Crippen molar-refractivity contribution in [2.75, 3.05) is 19.0 Å². The Kier molecular flexibility index (Phi) is 2.54. The van der Waals surface area contributed by atoms with Crippen molar-refractivity contribution in [3.63, 3.8) is 0 Å². The van der Waals surface area contributed by atoms with Gasteiger partial charge in [-0.1, -0.05) is 11.8 Å². The zero-order valence-electron chi connectivity index (χ0n) is 5.32. The Bertz CT molecular complexity index is 186. The molecule has 4 nitrogen and oxygen atoms in total. The highest BCUT2D eigenvalue weighted by atomic mass is 32.2. The minimum absolute atomic E-state index is 0.0481. The van der Waals surface area contributed by atoms with Gasteiger partial charge >= 0.3 is 0 Å². The molecule has 10 heavy (non-hydrogen) atoms. The van der Waals surface area contributed by atoms with Crippen LogP contribution in [0.1, 0.15) is 0 Å². The van der Waals surface area contributed by atoms with E-state index in [0.717, 1.165) is 12.3 Å². The lowest BCUT2D eigenvalue weighted by Gasteiger charge is -2.11. The van der Waals surface area contributed by atoms with E-state index in [2.05, 4.69) is 4.99 Å². The Labute approximate surface area is 63.2 Å². The van der Waals surface area contributed by atoms with Crippen molar-refractivity contribution in [1.29, 1.82) is 5.26 Å². The van der Waals surface area contributed by atoms with E-state index in [1.54, 1.807) is 11.1 Å². The van der Waals surface area contributed by atoms with Crippen LogP contribution < -0.4 is 0 Å². The molecule has 1 N–H and O–H groups in total. The largest absolute Gasteiger partial charge is 0.376 e. The van der Waals surface area contributed by atoms with E-state index >= 15 is 0 Å². The molecule has 1 aliphatic heterocycles. The Hall–Kier alpha value is -0.730. The molecular formula is C5H7N3OS. The number of hydrogen-bond acceptors (Lipinski definition) is 4. The predicted molar refractivity (Wildman–Crippen MR) is 39.3 cm³/mol. The zero-order chi connectivity index (χ0) is 7.40. The van der Waals surface area contributed by atoms with Crippen LogP contribution in [-0.4, -0.2) is 34.2 Å². The third kappa shape index (κ3) is 1.40. The van der Waals surface area contributed by atoms with Crippen molar-refractivity contribution in [2.24, 2.45) is 4.99 Å². The SMILES string of the molecule is N#CN=C1SCCN1CO. The number of aliphatic hydroxyl groups excluding tert-OH is 1. The molecule has 1 saturated heterocycles. The van der Waals surface area contributed by atoms with Crippen molar-refractivity contribution in [3.05, 3.63) is 0 Å². The summed E-state index contributed by atoms with van der Waals surface area (Å²) >= 11 is 1.49. The molecular weight excluding hydrogens is 150 g/mol. The molecule has 5 heteroatoms. The Morgan fingerprint density at radius 3 is 3.30 bits per heavy atom. The summed E-state index contributed by atoms with van der Waals surface area (Å²) in [5, 5.41) is 17.5. The maximum Gasteiger partial charge on any atom is 0.208 e. The Morgan fingerprint density at radius 2 is 2.70 bits per heavy atom. The molecule has 0 aromatic rings. The number of thioether (sulfide) groups is 1. The van der Waals surface area contributed by atoms with Gasteiger partial charge in [-0.3, -0.25) is 0 Å². The van der Waals surface area contributed by atoms with Gasteiger partial charge in [0.15, 0.2) is 5.17 Å². The Balaban J connectivity index is 2.60. The maximum absolute atomic E-state index is 8.69. The van der Waals surface area contributed by atoms with Crippen molar-refractivity contribution in [3.8, 4) is 6.19 Å². The average Bonchev–Trinajstić information content (AvgIpc) is 2.36. The fourth-order valence-electron chi connectivity index (χ4n) is 0.711. The van der Waals surface area contributed by atoms with E-state index in [9.17, 15) is 0 Å². The summed E-state index contributed by atoms with van der Waals surface area (Å²) in [5.41, 5.74) is 0.